The Bertz CT molecular complexity index is 964. The van der Waals surface area contributed by atoms with Gasteiger partial charge in [0, 0.05) is 35.4 Å². The molecule has 0 radical (unpaired) electrons. The second kappa shape index (κ2) is 10.0. The smallest absolute Gasteiger partial charge is 0.249 e. The molecule has 0 bridgehead atoms. The van der Waals surface area contributed by atoms with Gasteiger partial charge in [-0.1, -0.05) is 29.5 Å². The number of ether oxygens (including phenoxy) is 1. The van der Waals surface area contributed by atoms with Crippen LogP contribution in [-0.2, 0) is 11.3 Å². The van der Waals surface area contributed by atoms with Crippen molar-refractivity contribution in [2.75, 3.05) is 24.9 Å². The fourth-order valence-electron chi connectivity index (χ4n) is 2.60. The Labute approximate surface area is 171 Å². The van der Waals surface area contributed by atoms with E-state index >= 15 is 0 Å². The number of carbonyl (C=O) groups is 1. The number of benzene rings is 2. The third-order valence-electron chi connectivity index (χ3n) is 3.96. The highest BCUT2D eigenvalue weighted by Crippen LogP contribution is 2.23. The summed E-state index contributed by atoms with van der Waals surface area (Å²) in [6.07, 6.45) is 2.51. The monoisotopic (exact) mass is 418 g/mol. The molecule has 3 rings (SSSR count). The summed E-state index contributed by atoms with van der Waals surface area (Å²) in [4.78, 5) is 18.8. The van der Waals surface area contributed by atoms with Crippen molar-refractivity contribution >= 4 is 51.0 Å². The van der Waals surface area contributed by atoms with Crippen molar-refractivity contribution < 1.29 is 9.53 Å². The second-order valence-electron chi connectivity index (χ2n) is 5.78. The first-order valence-corrected chi connectivity index (χ1v) is 11.8. The summed E-state index contributed by atoms with van der Waals surface area (Å²) in [6, 6.07) is 16.1. The summed E-state index contributed by atoms with van der Waals surface area (Å²) in [5.74, 6) is 2.44. The molecule has 0 saturated heterocycles. The standard InChI is InChI=1S/C20H22N2O2S3/c1-24-15-8-9-18-17(14-15)22(11-13-25-2)20(27-18)21-19(23)10-12-26-16-6-4-3-5-7-16/h3-9,14H,10-13H2,1-2H3. The minimum absolute atomic E-state index is 0.0742. The summed E-state index contributed by atoms with van der Waals surface area (Å²) in [6.45, 7) is 0.819. The highest BCUT2D eigenvalue weighted by Gasteiger charge is 2.09. The van der Waals surface area contributed by atoms with E-state index in [0.717, 1.165) is 38.8 Å². The van der Waals surface area contributed by atoms with Gasteiger partial charge >= 0.3 is 0 Å². The maximum Gasteiger partial charge on any atom is 0.249 e. The van der Waals surface area contributed by atoms with Crippen LogP contribution in [-0.4, -0.2) is 35.3 Å². The third-order valence-corrected chi connectivity index (χ3v) is 6.62. The van der Waals surface area contributed by atoms with Crippen molar-refractivity contribution in [3.05, 3.63) is 53.3 Å². The highest BCUT2D eigenvalue weighted by molar-refractivity contribution is 7.99. The lowest BCUT2D eigenvalue weighted by Crippen LogP contribution is -2.18. The quantitative estimate of drug-likeness (QED) is 0.498. The summed E-state index contributed by atoms with van der Waals surface area (Å²) in [5.41, 5.74) is 1.07. The van der Waals surface area contributed by atoms with E-state index in [4.69, 9.17) is 4.74 Å². The van der Waals surface area contributed by atoms with Gasteiger partial charge in [-0.25, -0.2) is 0 Å². The minimum Gasteiger partial charge on any atom is -0.497 e. The van der Waals surface area contributed by atoms with E-state index in [0.29, 0.717) is 6.42 Å². The van der Waals surface area contributed by atoms with Crippen molar-refractivity contribution in [1.82, 2.24) is 4.57 Å². The number of hydrogen-bond acceptors (Lipinski definition) is 5. The van der Waals surface area contributed by atoms with Crippen LogP contribution in [0.1, 0.15) is 6.42 Å². The van der Waals surface area contributed by atoms with Gasteiger partial charge in [-0.15, -0.1) is 11.8 Å². The van der Waals surface area contributed by atoms with E-state index in [2.05, 4.69) is 27.9 Å². The lowest BCUT2D eigenvalue weighted by atomic mass is 10.3. The zero-order valence-corrected chi connectivity index (χ0v) is 17.8. The van der Waals surface area contributed by atoms with Crippen molar-refractivity contribution in [3.63, 3.8) is 0 Å². The molecule has 0 fully saturated rings. The minimum atomic E-state index is -0.0742. The first-order chi connectivity index (χ1) is 13.2. The van der Waals surface area contributed by atoms with Gasteiger partial charge in [0.2, 0.25) is 5.91 Å². The fraction of sp³-hybridized carbons (Fsp3) is 0.300. The normalized spacial score (nSPS) is 11.9. The van der Waals surface area contributed by atoms with Gasteiger partial charge in [-0.2, -0.15) is 16.8 Å². The number of rotatable bonds is 8. The molecule has 0 spiro atoms. The molecule has 27 heavy (non-hydrogen) atoms. The fourth-order valence-corrected chi connectivity index (χ4v) is 4.88. The molecule has 1 heterocycles. The molecule has 3 aromatic rings. The zero-order chi connectivity index (χ0) is 19.1. The Hall–Kier alpha value is -1.70. The average Bonchev–Trinajstić information content (AvgIpc) is 3.03. The van der Waals surface area contributed by atoms with Gasteiger partial charge in [0.05, 0.1) is 17.3 Å². The molecule has 0 saturated carbocycles. The molecule has 0 aliphatic rings. The first-order valence-electron chi connectivity index (χ1n) is 8.63. The maximum absolute atomic E-state index is 12.4. The molecule has 1 aromatic heterocycles. The summed E-state index contributed by atoms with van der Waals surface area (Å²) in [5, 5.41) is 0. The maximum atomic E-state index is 12.4. The average molecular weight is 419 g/mol. The van der Waals surface area contributed by atoms with E-state index < -0.39 is 0 Å². The van der Waals surface area contributed by atoms with E-state index in [1.807, 2.05) is 36.4 Å². The number of amides is 1. The van der Waals surface area contributed by atoms with Crippen LogP contribution in [0, 0.1) is 0 Å². The van der Waals surface area contributed by atoms with Crippen LogP contribution in [0.25, 0.3) is 10.2 Å². The molecular weight excluding hydrogens is 396 g/mol. The lowest BCUT2D eigenvalue weighted by Gasteiger charge is -2.05. The van der Waals surface area contributed by atoms with Crippen LogP contribution >= 0.6 is 34.9 Å². The predicted molar refractivity (Wildman–Crippen MR) is 117 cm³/mol. The Balaban J connectivity index is 1.79. The summed E-state index contributed by atoms with van der Waals surface area (Å²) < 4.78 is 8.59. The summed E-state index contributed by atoms with van der Waals surface area (Å²) in [7, 11) is 1.67. The van der Waals surface area contributed by atoms with Crippen LogP contribution in [0.15, 0.2) is 58.4 Å². The molecule has 142 valence electrons. The van der Waals surface area contributed by atoms with Gasteiger partial charge in [-0.3, -0.25) is 4.79 Å². The Morgan fingerprint density at radius 2 is 2.00 bits per heavy atom. The van der Waals surface area contributed by atoms with Gasteiger partial charge in [0.1, 0.15) is 5.75 Å². The number of nitrogens with zero attached hydrogens (tertiary/aromatic N) is 2. The largest absolute Gasteiger partial charge is 0.497 e. The highest BCUT2D eigenvalue weighted by atomic mass is 32.2. The lowest BCUT2D eigenvalue weighted by molar-refractivity contribution is -0.117. The topological polar surface area (TPSA) is 43.6 Å². The van der Waals surface area contributed by atoms with Crippen LogP contribution in [0.5, 0.6) is 5.75 Å². The third kappa shape index (κ3) is 5.40. The van der Waals surface area contributed by atoms with Crippen molar-refractivity contribution in [1.29, 1.82) is 0 Å². The number of methoxy groups -OCH3 is 1. The number of fused-ring (bicyclic) bond motifs is 1. The molecule has 0 atom stereocenters. The van der Waals surface area contributed by atoms with Crippen LogP contribution in [0.3, 0.4) is 0 Å². The van der Waals surface area contributed by atoms with Crippen LogP contribution in [0.4, 0.5) is 0 Å². The van der Waals surface area contributed by atoms with Crippen LogP contribution in [0.2, 0.25) is 0 Å². The van der Waals surface area contributed by atoms with Crippen LogP contribution < -0.4 is 9.54 Å². The molecule has 4 nitrogen and oxygen atoms in total. The number of thioether (sulfide) groups is 2. The Kier molecular flexibility index (Phi) is 7.43. The number of aromatic nitrogens is 1. The Morgan fingerprint density at radius 1 is 1.19 bits per heavy atom. The molecule has 0 N–H and O–H groups in total. The van der Waals surface area contributed by atoms with E-state index in [-0.39, 0.29) is 5.91 Å². The Morgan fingerprint density at radius 3 is 2.74 bits per heavy atom. The molecular formula is C20H22N2O2S3. The van der Waals surface area contributed by atoms with Crippen molar-refractivity contribution in [3.8, 4) is 5.75 Å². The molecule has 2 aromatic carbocycles. The van der Waals surface area contributed by atoms with Crippen molar-refractivity contribution in [2.45, 2.75) is 17.9 Å². The predicted octanol–water partition coefficient (Wildman–Crippen LogP) is 4.68. The number of thiazole rings is 1. The zero-order valence-electron chi connectivity index (χ0n) is 15.4. The molecule has 0 aliphatic heterocycles. The van der Waals surface area contributed by atoms with Gasteiger partial charge in [0.15, 0.2) is 4.80 Å². The number of hydrogen-bond donors (Lipinski definition) is 0. The van der Waals surface area contributed by atoms with E-state index in [9.17, 15) is 4.79 Å². The van der Waals surface area contributed by atoms with E-state index in [1.54, 1.807) is 42.0 Å². The van der Waals surface area contributed by atoms with Gasteiger partial charge in [-0.05, 0) is 30.5 Å². The number of carbonyl (C=O) groups excluding carboxylic acids is 1. The van der Waals surface area contributed by atoms with Gasteiger partial charge < -0.3 is 9.30 Å². The second-order valence-corrected chi connectivity index (χ2v) is 8.94. The van der Waals surface area contributed by atoms with Gasteiger partial charge in [0.25, 0.3) is 0 Å². The summed E-state index contributed by atoms with van der Waals surface area (Å²) >= 11 is 5.02. The molecule has 1 amide bonds. The SMILES string of the molecule is COc1ccc2sc(=NC(=O)CCSc3ccccc3)n(CCSC)c2c1. The molecule has 0 aliphatic carbocycles. The first kappa shape index (κ1) is 20.0. The molecule has 0 unspecified atom stereocenters. The van der Waals surface area contributed by atoms with E-state index in [1.165, 1.54) is 4.90 Å². The number of aryl methyl sites for hydroxylation is 1. The molecule has 7 heteroatoms. The van der Waals surface area contributed by atoms with Crippen molar-refractivity contribution in [2.24, 2.45) is 4.99 Å².